The Hall–Kier alpha value is -1.07. The summed E-state index contributed by atoms with van der Waals surface area (Å²) in [5.74, 6) is 4.41. The molecular weight excluding hydrogens is 260 g/mol. The van der Waals surface area contributed by atoms with Gasteiger partial charge in [0.15, 0.2) is 0 Å². The lowest BCUT2D eigenvalue weighted by atomic mass is 9.85. The zero-order chi connectivity index (χ0) is 11.6. The Kier molecular flexibility index (Phi) is 3.36. The van der Waals surface area contributed by atoms with Crippen LogP contribution < -0.4 is 11.3 Å². The largest absolute Gasteiger partial charge is 0.481 e. The number of anilines is 1. The second-order valence-electron chi connectivity index (χ2n) is 3.77. The molecule has 0 amide bonds. The van der Waals surface area contributed by atoms with Gasteiger partial charge in [0, 0.05) is 4.47 Å². The highest BCUT2D eigenvalue weighted by molar-refractivity contribution is 9.10. The van der Waals surface area contributed by atoms with E-state index in [1.807, 2.05) is 0 Å². The van der Waals surface area contributed by atoms with E-state index in [4.69, 9.17) is 10.9 Å². The number of rotatable bonds is 3. The molecule has 0 aliphatic carbocycles. The number of carboxylic acids is 1. The summed E-state index contributed by atoms with van der Waals surface area (Å²) in [6, 6.07) is 5.24. The fourth-order valence-corrected chi connectivity index (χ4v) is 1.64. The minimum atomic E-state index is -0.907. The van der Waals surface area contributed by atoms with Crippen LogP contribution in [0.2, 0.25) is 0 Å². The van der Waals surface area contributed by atoms with Crippen LogP contribution in [-0.4, -0.2) is 11.1 Å². The molecule has 4 N–H and O–H groups in total. The Morgan fingerprint density at radius 2 is 2.13 bits per heavy atom. The summed E-state index contributed by atoms with van der Waals surface area (Å²) >= 11 is 3.31. The third-order valence-electron chi connectivity index (χ3n) is 2.38. The molecule has 1 rings (SSSR count). The van der Waals surface area contributed by atoms with E-state index in [9.17, 15) is 4.79 Å². The van der Waals surface area contributed by atoms with Crippen molar-refractivity contribution in [2.45, 2.75) is 19.3 Å². The van der Waals surface area contributed by atoms with E-state index in [-0.39, 0.29) is 0 Å². The van der Waals surface area contributed by atoms with E-state index in [0.717, 1.165) is 15.7 Å². The van der Waals surface area contributed by atoms with Gasteiger partial charge >= 0.3 is 5.97 Å². The van der Waals surface area contributed by atoms with Gasteiger partial charge in [-0.2, -0.15) is 0 Å². The number of halogens is 1. The monoisotopic (exact) mass is 272 g/mol. The Labute approximate surface area is 96.6 Å². The first kappa shape index (κ1) is 12.0. The van der Waals surface area contributed by atoms with E-state index < -0.39 is 11.4 Å². The number of hydrogen-bond donors (Lipinski definition) is 3. The van der Waals surface area contributed by atoms with Gasteiger partial charge < -0.3 is 10.5 Å². The Bertz CT molecular complexity index is 391. The van der Waals surface area contributed by atoms with E-state index in [0.29, 0.717) is 0 Å². The molecule has 1 aromatic rings. The summed E-state index contributed by atoms with van der Waals surface area (Å²) in [4.78, 5) is 11.0. The molecule has 0 unspecified atom stereocenters. The van der Waals surface area contributed by atoms with Crippen molar-refractivity contribution in [1.29, 1.82) is 0 Å². The standard InChI is InChI=1S/C10H13BrN2O2/c1-10(2,9(14)15)6-3-4-8(13-12)7(11)5-6/h3-5,13H,12H2,1-2H3,(H,14,15). The van der Waals surface area contributed by atoms with Gasteiger partial charge in [0.05, 0.1) is 11.1 Å². The predicted octanol–water partition coefficient (Wildman–Crippen LogP) is 2.10. The molecule has 0 heterocycles. The van der Waals surface area contributed by atoms with Crippen molar-refractivity contribution in [2.75, 3.05) is 5.43 Å². The molecule has 0 saturated heterocycles. The first-order valence-corrected chi connectivity index (χ1v) is 5.19. The average Bonchev–Trinajstić information content (AvgIpc) is 2.17. The molecule has 15 heavy (non-hydrogen) atoms. The minimum Gasteiger partial charge on any atom is -0.481 e. The van der Waals surface area contributed by atoms with Crippen LogP contribution in [0.15, 0.2) is 22.7 Å². The Morgan fingerprint density at radius 3 is 2.53 bits per heavy atom. The molecular formula is C10H13BrN2O2. The molecule has 0 aliphatic rings. The van der Waals surface area contributed by atoms with Crippen molar-refractivity contribution in [3.05, 3.63) is 28.2 Å². The number of carbonyl (C=O) groups is 1. The van der Waals surface area contributed by atoms with Gasteiger partial charge in [-0.05, 0) is 47.5 Å². The van der Waals surface area contributed by atoms with Crippen molar-refractivity contribution >= 4 is 27.6 Å². The molecule has 4 nitrogen and oxygen atoms in total. The van der Waals surface area contributed by atoms with Gasteiger partial charge in [0.25, 0.3) is 0 Å². The normalized spacial score (nSPS) is 11.2. The topological polar surface area (TPSA) is 75.3 Å². The van der Waals surface area contributed by atoms with Crippen LogP contribution in [0.25, 0.3) is 0 Å². The molecule has 5 heteroatoms. The lowest BCUT2D eigenvalue weighted by Gasteiger charge is -2.20. The van der Waals surface area contributed by atoms with Crippen molar-refractivity contribution in [3.63, 3.8) is 0 Å². The quantitative estimate of drug-likeness (QED) is 0.582. The van der Waals surface area contributed by atoms with Gasteiger partial charge in [0.2, 0.25) is 0 Å². The number of aliphatic carboxylic acids is 1. The zero-order valence-electron chi connectivity index (χ0n) is 8.54. The summed E-state index contributed by atoms with van der Waals surface area (Å²) in [5.41, 5.74) is 3.05. The highest BCUT2D eigenvalue weighted by atomic mass is 79.9. The highest BCUT2D eigenvalue weighted by Gasteiger charge is 2.29. The fourth-order valence-electron chi connectivity index (χ4n) is 1.14. The van der Waals surface area contributed by atoms with Gasteiger partial charge in [-0.25, -0.2) is 0 Å². The van der Waals surface area contributed by atoms with E-state index in [1.165, 1.54) is 0 Å². The number of hydrazine groups is 1. The lowest BCUT2D eigenvalue weighted by Crippen LogP contribution is -2.28. The number of nitrogens with two attached hydrogens (primary N) is 1. The van der Waals surface area contributed by atoms with Gasteiger partial charge in [-0.1, -0.05) is 6.07 Å². The molecule has 0 aromatic heterocycles. The maximum atomic E-state index is 11.0. The van der Waals surface area contributed by atoms with Crippen molar-refractivity contribution < 1.29 is 9.90 Å². The molecule has 0 aliphatic heterocycles. The second-order valence-corrected chi connectivity index (χ2v) is 4.62. The number of nitrogen functional groups attached to an aromatic ring is 1. The van der Waals surface area contributed by atoms with Crippen molar-refractivity contribution in [1.82, 2.24) is 0 Å². The minimum absolute atomic E-state index is 0.722. The lowest BCUT2D eigenvalue weighted by molar-refractivity contribution is -0.142. The third-order valence-corrected chi connectivity index (χ3v) is 3.04. The van der Waals surface area contributed by atoms with Crippen LogP contribution in [0.1, 0.15) is 19.4 Å². The summed E-state index contributed by atoms with van der Waals surface area (Å²) in [6.07, 6.45) is 0. The van der Waals surface area contributed by atoms with Gasteiger partial charge in [0.1, 0.15) is 0 Å². The summed E-state index contributed by atoms with van der Waals surface area (Å²) in [7, 11) is 0. The Balaban J connectivity index is 3.18. The fraction of sp³-hybridized carbons (Fsp3) is 0.300. The van der Waals surface area contributed by atoms with Crippen molar-refractivity contribution in [3.8, 4) is 0 Å². The van der Waals surface area contributed by atoms with Crippen LogP contribution in [0.3, 0.4) is 0 Å². The second kappa shape index (κ2) is 4.20. The molecule has 0 bridgehead atoms. The molecule has 1 aromatic carbocycles. The molecule has 0 radical (unpaired) electrons. The zero-order valence-corrected chi connectivity index (χ0v) is 10.1. The maximum Gasteiger partial charge on any atom is 0.313 e. The molecule has 0 atom stereocenters. The van der Waals surface area contributed by atoms with E-state index >= 15 is 0 Å². The van der Waals surface area contributed by atoms with Crippen LogP contribution in [0.4, 0.5) is 5.69 Å². The molecule has 0 fully saturated rings. The van der Waals surface area contributed by atoms with E-state index in [2.05, 4.69) is 21.4 Å². The summed E-state index contributed by atoms with van der Waals surface area (Å²) < 4.78 is 0.747. The first-order valence-electron chi connectivity index (χ1n) is 4.39. The average molecular weight is 273 g/mol. The molecule has 82 valence electrons. The summed E-state index contributed by atoms with van der Waals surface area (Å²) in [5, 5.41) is 9.06. The Morgan fingerprint density at radius 1 is 1.53 bits per heavy atom. The van der Waals surface area contributed by atoms with Gasteiger partial charge in [-0.15, -0.1) is 0 Å². The smallest absolute Gasteiger partial charge is 0.313 e. The number of carboxylic acid groups (broad SMARTS) is 1. The maximum absolute atomic E-state index is 11.0. The van der Waals surface area contributed by atoms with Crippen LogP contribution in [0.5, 0.6) is 0 Å². The van der Waals surface area contributed by atoms with Crippen LogP contribution in [0, 0.1) is 0 Å². The SMILES string of the molecule is CC(C)(C(=O)O)c1ccc(NN)c(Br)c1. The number of benzene rings is 1. The predicted molar refractivity (Wildman–Crippen MR) is 62.6 cm³/mol. The summed E-state index contributed by atoms with van der Waals surface area (Å²) in [6.45, 7) is 3.32. The molecule has 0 spiro atoms. The van der Waals surface area contributed by atoms with Crippen LogP contribution in [-0.2, 0) is 10.2 Å². The highest BCUT2D eigenvalue weighted by Crippen LogP contribution is 2.30. The van der Waals surface area contributed by atoms with Gasteiger partial charge in [-0.3, -0.25) is 10.6 Å². The first-order chi connectivity index (χ1) is 6.89. The van der Waals surface area contributed by atoms with E-state index in [1.54, 1.807) is 32.0 Å². The third kappa shape index (κ3) is 2.30. The molecule has 0 saturated carbocycles. The number of hydrogen-bond acceptors (Lipinski definition) is 3. The number of nitrogens with one attached hydrogen (secondary N) is 1. The van der Waals surface area contributed by atoms with Crippen molar-refractivity contribution in [2.24, 2.45) is 5.84 Å². The van der Waals surface area contributed by atoms with Crippen LogP contribution >= 0.6 is 15.9 Å².